The molecule has 3 N–H and O–H groups in total. The van der Waals surface area contributed by atoms with E-state index in [0.29, 0.717) is 29.2 Å². The molecule has 1 aromatic heterocycles. The Labute approximate surface area is 230 Å². The van der Waals surface area contributed by atoms with Crippen LogP contribution in [0.3, 0.4) is 0 Å². The van der Waals surface area contributed by atoms with Gasteiger partial charge in [-0.25, -0.2) is 18.1 Å². The fourth-order valence-electron chi connectivity index (χ4n) is 4.99. The van der Waals surface area contributed by atoms with Crippen LogP contribution in [0.4, 0.5) is 17.5 Å². The smallest absolute Gasteiger partial charge is 0.240 e. The van der Waals surface area contributed by atoms with Gasteiger partial charge in [0, 0.05) is 30.2 Å². The zero-order valence-electron chi connectivity index (χ0n) is 22.4. The van der Waals surface area contributed by atoms with E-state index in [0.717, 1.165) is 65.9 Å². The van der Waals surface area contributed by atoms with E-state index in [9.17, 15) is 8.42 Å². The Bertz CT molecular complexity index is 1520. The van der Waals surface area contributed by atoms with Gasteiger partial charge in [0.15, 0.2) is 0 Å². The first-order valence-corrected chi connectivity index (χ1v) is 14.9. The maximum Gasteiger partial charge on any atom is 0.240 e. The van der Waals surface area contributed by atoms with Crippen LogP contribution in [0.15, 0.2) is 77.7 Å². The van der Waals surface area contributed by atoms with Gasteiger partial charge in [0.1, 0.15) is 11.6 Å². The molecule has 39 heavy (non-hydrogen) atoms. The predicted molar refractivity (Wildman–Crippen MR) is 156 cm³/mol. The molecule has 1 aliphatic carbocycles. The minimum Gasteiger partial charge on any atom is -0.497 e. The number of anilines is 3. The topological polar surface area (TPSA) is 105 Å². The summed E-state index contributed by atoms with van der Waals surface area (Å²) < 4.78 is 33.4. The largest absolute Gasteiger partial charge is 0.497 e. The molecule has 0 bridgehead atoms. The number of nitrogens with one attached hydrogen (secondary N) is 3. The highest BCUT2D eigenvalue weighted by Gasteiger charge is 2.23. The number of rotatable bonds is 10. The highest BCUT2D eigenvalue weighted by Crippen LogP contribution is 2.30. The van der Waals surface area contributed by atoms with Crippen molar-refractivity contribution in [1.82, 2.24) is 14.7 Å². The molecule has 0 aliphatic heterocycles. The summed E-state index contributed by atoms with van der Waals surface area (Å²) in [5.41, 5.74) is 2.80. The van der Waals surface area contributed by atoms with Crippen molar-refractivity contribution in [3.8, 4) is 5.75 Å². The lowest BCUT2D eigenvalue weighted by Gasteiger charge is -2.28. The summed E-state index contributed by atoms with van der Waals surface area (Å²) >= 11 is 0. The van der Waals surface area contributed by atoms with Gasteiger partial charge in [-0.05, 0) is 80.8 Å². The molecule has 3 aromatic carbocycles. The molecule has 0 atom stereocenters. The van der Waals surface area contributed by atoms with Gasteiger partial charge >= 0.3 is 0 Å². The van der Waals surface area contributed by atoms with Gasteiger partial charge in [-0.2, -0.15) is 4.98 Å². The molecule has 1 heterocycles. The number of nitrogens with zero attached hydrogens (tertiary/aromatic N) is 2. The molecule has 0 unspecified atom stereocenters. The Morgan fingerprint density at radius 2 is 1.59 bits per heavy atom. The lowest BCUT2D eigenvalue weighted by atomic mass is 9.82. The Morgan fingerprint density at radius 3 is 2.33 bits per heavy atom. The van der Waals surface area contributed by atoms with Crippen LogP contribution in [-0.2, 0) is 10.0 Å². The van der Waals surface area contributed by atoms with Crippen LogP contribution < -0.4 is 20.1 Å². The van der Waals surface area contributed by atoms with Gasteiger partial charge in [0.2, 0.25) is 16.0 Å². The average Bonchev–Trinajstić information content (AvgIpc) is 2.96. The van der Waals surface area contributed by atoms with E-state index in [1.807, 2.05) is 67.6 Å². The number of aryl methyl sites for hydroxylation is 1. The van der Waals surface area contributed by atoms with Crippen LogP contribution in [0.1, 0.15) is 31.2 Å². The van der Waals surface area contributed by atoms with Crippen LogP contribution in [0, 0.1) is 18.8 Å². The van der Waals surface area contributed by atoms with Crippen LogP contribution in [-0.4, -0.2) is 38.6 Å². The molecule has 0 saturated heterocycles. The van der Waals surface area contributed by atoms with Crippen molar-refractivity contribution in [2.45, 2.75) is 37.5 Å². The fourth-order valence-corrected chi connectivity index (χ4v) is 6.11. The first-order valence-electron chi connectivity index (χ1n) is 13.4. The van der Waals surface area contributed by atoms with Gasteiger partial charge in [0.25, 0.3) is 0 Å². The Balaban J connectivity index is 1.17. The van der Waals surface area contributed by atoms with Gasteiger partial charge in [0.05, 0.1) is 17.5 Å². The molecule has 1 aliphatic rings. The van der Waals surface area contributed by atoms with Crippen molar-refractivity contribution in [2.24, 2.45) is 11.8 Å². The highest BCUT2D eigenvalue weighted by atomic mass is 32.2. The molecule has 8 nitrogen and oxygen atoms in total. The van der Waals surface area contributed by atoms with Crippen LogP contribution >= 0.6 is 0 Å². The maximum atomic E-state index is 12.6. The third-order valence-corrected chi connectivity index (χ3v) is 8.78. The third kappa shape index (κ3) is 6.85. The van der Waals surface area contributed by atoms with Crippen LogP contribution in [0.2, 0.25) is 0 Å². The van der Waals surface area contributed by atoms with Crippen LogP contribution in [0.5, 0.6) is 5.75 Å². The number of para-hydroxylation sites is 1. The average molecular weight is 546 g/mol. The van der Waals surface area contributed by atoms with Crippen molar-refractivity contribution in [1.29, 1.82) is 0 Å². The number of aromatic nitrogens is 2. The maximum absolute atomic E-state index is 12.6. The predicted octanol–water partition coefficient (Wildman–Crippen LogP) is 5.89. The number of methoxy groups -OCH3 is 1. The number of hydrogen-bond donors (Lipinski definition) is 3. The van der Waals surface area contributed by atoms with E-state index < -0.39 is 10.0 Å². The summed E-state index contributed by atoms with van der Waals surface area (Å²) in [7, 11) is -1.83. The van der Waals surface area contributed by atoms with Gasteiger partial charge in [-0.3, -0.25) is 0 Å². The van der Waals surface area contributed by atoms with E-state index >= 15 is 0 Å². The van der Waals surface area contributed by atoms with E-state index in [4.69, 9.17) is 14.7 Å². The Hall–Kier alpha value is -3.69. The zero-order valence-corrected chi connectivity index (χ0v) is 23.2. The molecular weight excluding hydrogens is 510 g/mol. The highest BCUT2D eigenvalue weighted by molar-refractivity contribution is 7.89. The van der Waals surface area contributed by atoms with E-state index in [2.05, 4.69) is 15.4 Å². The summed E-state index contributed by atoms with van der Waals surface area (Å²) in [6.45, 7) is 3.20. The molecule has 204 valence electrons. The number of sulfonamides is 1. The summed E-state index contributed by atoms with van der Waals surface area (Å²) in [5, 5.41) is 7.82. The molecule has 1 fully saturated rings. The summed E-state index contributed by atoms with van der Waals surface area (Å²) in [6.07, 6.45) is 4.05. The fraction of sp³-hybridized carbons (Fsp3) is 0.333. The van der Waals surface area contributed by atoms with Gasteiger partial charge < -0.3 is 15.4 Å². The van der Waals surface area contributed by atoms with Gasteiger partial charge in [-0.15, -0.1) is 0 Å². The molecule has 0 spiro atoms. The van der Waals surface area contributed by atoms with E-state index in [1.54, 1.807) is 19.2 Å². The number of ether oxygens (including phenoxy) is 1. The second kappa shape index (κ2) is 12.0. The summed E-state index contributed by atoms with van der Waals surface area (Å²) in [5.74, 6) is 2.93. The minimum absolute atomic E-state index is 0.321. The molecular formula is C30H35N5O3S. The number of hydrogen-bond acceptors (Lipinski definition) is 7. The van der Waals surface area contributed by atoms with Crippen LogP contribution in [0.25, 0.3) is 10.9 Å². The summed E-state index contributed by atoms with van der Waals surface area (Å²) in [4.78, 5) is 9.85. The quantitative estimate of drug-likeness (QED) is 0.228. The van der Waals surface area contributed by atoms with Crippen molar-refractivity contribution >= 4 is 38.4 Å². The third-order valence-electron chi connectivity index (χ3n) is 7.34. The molecule has 9 heteroatoms. The van der Waals surface area contributed by atoms with E-state index in [1.165, 1.54) is 0 Å². The second-order valence-electron chi connectivity index (χ2n) is 10.2. The SMILES string of the molecule is COc1cccc(Nc2nc(NC[C@H]3CC[C@H](CNS(=O)(=O)c4ccc(C)cc4)CC3)nc3ccccc23)c1. The zero-order chi connectivity index (χ0) is 27.2. The molecule has 0 amide bonds. The van der Waals surface area contributed by atoms with Crippen molar-refractivity contribution in [3.63, 3.8) is 0 Å². The molecule has 5 rings (SSSR count). The van der Waals surface area contributed by atoms with Crippen molar-refractivity contribution in [3.05, 3.63) is 78.4 Å². The number of benzene rings is 3. The molecule has 1 saturated carbocycles. The first kappa shape index (κ1) is 26.9. The van der Waals surface area contributed by atoms with Gasteiger partial charge in [-0.1, -0.05) is 35.9 Å². The Kier molecular flexibility index (Phi) is 8.28. The second-order valence-corrected chi connectivity index (χ2v) is 12.0. The molecule has 4 aromatic rings. The Morgan fingerprint density at radius 1 is 0.872 bits per heavy atom. The summed E-state index contributed by atoms with van der Waals surface area (Å²) in [6, 6.07) is 22.7. The standard InChI is InChI=1S/C30H35N5O3S/c1-21-10-16-26(17-11-21)39(36,37)32-20-23-14-12-22(13-15-23)19-31-30-34-28-9-4-3-8-27(28)29(35-30)33-24-6-5-7-25(18-24)38-2/h3-11,16-18,22-23,32H,12-15,19-20H2,1-2H3,(H2,31,33,34,35)/t22-,23-. The lowest BCUT2D eigenvalue weighted by Crippen LogP contribution is -2.32. The van der Waals surface area contributed by atoms with Crippen molar-refractivity contribution < 1.29 is 13.2 Å². The van der Waals surface area contributed by atoms with Crippen molar-refractivity contribution in [2.75, 3.05) is 30.8 Å². The first-order chi connectivity index (χ1) is 18.9. The molecule has 0 radical (unpaired) electrons. The van der Waals surface area contributed by atoms with E-state index in [-0.39, 0.29) is 0 Å². The normalized spacial score (nSPS) is 17.6. The minimum atomic E-state index is -3.48. The number of fused-ring (bicyclic) bond motifs is 1. The lowest BCUT2D eigenvalue weighted by molar-refractivity contribution is 0.284. The monoisotopic (exact) mass is 545 g/mol.